The zero-order valence-electron chi connectivity index (χ0n) is 12.8. The molecule has 1 aliphatic carbocycles. The van der Waals surface area contributed by atoms with E-state index < -0.39 is 0 Å². The molecule has 0 saturated heterocycles. The van der Waals surface area contributed by atoms with Gasteiger partial charge >= 0.3 is 0 Å². The number of imidazole rings is 1. The molecule has 1 unspecified atom stereocenters. The van der Waals surface area contributed by atoms with Crippen LogP contribution < -0.4 is 5.73 Å². The van der Waals surface area contributed by atoms with Crippen molar-refractivity contribution in [2.75, 3.05) is 13.7 Å². The lowest BCUT2D eigenvalue weighted by molar-refractivity contribution is 0.185. The van der Waals surface area contributed by atoms with E-state index in [0.29, 0.717) is 12.5 Å². The van der Waals surface area contributed by atoms with Gasteiger partial charge in [0.05, 0.1) is 23.7 Å². The van der Waals surface area contributed by atoms with Gasteiger partial charge in [-0.05, 0) is 30.9 Å². The molecular formula is C17H25N3O. The Kier molecular flexibility index (Phi) is 4.56. The molecule has 1 aromatic heterocycles. The van der Waals surface area contributed by atoms with Crippen molar-refractivity contribution < 1.29 is 4.74 Å². The molecular weight excluding hydrogens is 262 g/mol. The third-order valence-electron chi connectivity index (χ3n) is 4.66. The molecule has 1 aromatic carbocycles. The summed E-state index contributed by atoms with van der Waals surface area (Å²) in [5.74, 6) is 1.59. The third kappa shape index (κ3) is 2.97. The van der Waals surface area contributed by atoms with Crippen molar-refractivity contribution in [3.63, 3.8) is 0 Å². The fraction of sp³-hybridized carbons (Fsp3) is 0.588. The molecule has 1 aliphatic rings. The Hall–Kier alpha value is -1.39. The second kappa shape index (κ2) is 6.58. The van der Waals surface area contributed by atoms with Crippen LogP contribution in [0.1, 0.15) is 44.0 Å². The quantitative estimate of drug-likeness (QED) is 0.918. The van der Waals surface area contributed by atoms with Gasteiger partial charge in [-0.15, -0.1) is 0 Å². The minimum absolute atomic E-state index is 0.0366. The molecule has 1 saturated carbocycles. The van der Waals surface area contributed by atoms with Gasteiger partial charge in [0, 0.05) is 13.7 Å². The molecule has 21 heavy (non-hydrogen) atoms. The lowest BCUT2D eigenvalue weighted by atomic mass is 9.84. The Morgan fingerprint density at radius 1 is 1.29 bits per heavy atom. The Morgan fingerprint density at radius 2 is 2.05 bits per heavy atom. The largest absolute Gasteiger partial charge is 0.383 e. The number of nitrogens with zero attached hydrogens (tertiary/aromatic N) is 2. The van der Waals surface area contributed by atoms with Crippen LogP contribution in [0.5, 0.6) is 0 Å². The molecule has 2 aromatic rings. The fourth-order valence-electron chi connectivity index (χ4n) is 3.47. The zero-order valence-corrected chi connectivity index (χ0v) is 12.8. The average molecular weight is 287 g/mol. The number of methoxy groups -OCH3 is 1. The van der Waals surface area contributed by atoms with Gasteiger partial charge in [0.15, 0.2) is 0 Å². The van der Waals surface area contributed by atoms with Gasteiger partial charge in [0.25, 0.3) is 0 Å². The number of para-hydroxylation sites is 2. The monoisotopic (exact) mass is 287 g/mol. The summed E-state index contributed by atoms with van der Waals surface area (Å²) >= 11 is 0. The third-order valence-corrected chi connectivity index (χ3v) is 4.66. The summed E-state index contributed by atoms with van der Waals surface area (Å²) in [6, 6.07) is 8.31. The van der Waals surface area contributed by atoms with E-state index in [-0.39, 0.29) is 6.04 Å². The average Bonchev–Trinajstić information content (AvgIpc) is 2.91. The molecule has 0 radical (unpaired) electrons. The zero-order chi connectivity index (χ0) is 14.7. The molecule has 2 N–H and O–H groups in total. The molecule has 4 nitrogen and oxygen atoms in total. The lowest BCUT2D eigenvalue weighted by Crippen LogP contribution is -2.27. The van der Waals surface area contributed by atoms with E-state index in [4.69, 9.17) is 15.5 Å². The number of aromatic nitrogens is 2. The number of hydrogen-bond acceptors (Lipinski definition) is 3. The topological polar surface area (TPSA) is 53.1 Å². The highest BCUT2D eigenvalue weighted by atomic mass is 16.5. The molecule has 1 heterocycles. The maximum atomic E-state index is 6.58. The summed E-state index contributed by atoms with van der Waals surface area (Å²) in [5.41, 5.74) is 8.78. The molecule has 0 aliphatic heterocycles. The van der Waals surface area contributed by atoms with Crippen LogP contribution in [0.3, 0.4) is 0 Å². The van der Waals surface area contributed by atoms with E-state index in [1.54, 1.807) is 7.11 Å². The minimum Gasteiger partial charge on any atom is -0.383 e. The minimum atomic E-state index is 0.0366. The number of benzene rings is 1. The van der Waals surface area contributed by atoms with Crippen molar-refractivity contribution in [3.8, 4) is 0 Å². The SMILES string of the molecule is COCCn1c(C(N)C2CCCCC2)nc2ccccc21. The van der Waals surface area contributed by atoms with Crippen LogP contribution in [-0.4, -0.2) is 23.3 Å². The van der Waals surface area contributed by atoms with Gasteiger partial charge in [-0.1, -0.05) is 31.4 Å². The van der Waals surface area contributed by atoms with Crippen LogP contribution >= 0.6 is 0 Å². The predicted octanol–water partition coefficient (Wildman–Crippen LogP) is 3.26. The van der Waals surface area contributed by atoms with Crippen LogP contribution in [-0.2, 0) is 11.3 Å². The summed E-state index contributed by atoms with van der Waals surface area (Å²) in [7, 11) is 1.74. The molecule has 1 atom stereocenters. The van der Waals surface area contributed by atoms with Gasteiger partial charge in [-0.3, -0.25) is 0 Å². The number of fused-ring (bicyclic) bond motifs is 1. The predicted molar refractivity (Wildman–Crippen MR) is 85.1 cm³/mol. The Labute approximate surface area is 126 Å². The van der Waals surface area contributed by atoms with Gasteiger partial charge in [0.2, 0.25) is 0 Å². The Bertz CT molecular complexity index is 587. The molecule has 4 heteroatoms. The highest BCUT2D eigenvalue weighted by Gasteiger charge is 2.26. The number of ether oxygens (including phenoxy) is 1. The van der Waals surface area contributed by atoms with Crippen LogP contribution in [0, 0.1) is 5.92 Å². The van der Waals surface area contributed by atoms with E-state index in [1.165, 1.54) is 32.1 Å². The molecule has 0 spiro atoms. The van der Waals surface area contributed by atoms with Crippen LogP contribution in [0.15, 0.2) is 24.3 Å². The van der Waals surface area contributed by atoms with Crippen molar-refractivity contribution in [1.82, 2.24) is 9.55 Å². The first-order valence-corrected chi connectivity index (χ1v) is 8.01. The second-order valence-electron chi connectivity index (χ2n) is 6.03. The first kappa shape index (κ1) is 14.5. The molecule has 3 rings (SSSR count). The molecule has 114 valence electrons. The summed E-state index contributed by atoms with van der Waals surface area (Å²) < 4.78 is 7.50. The summed E-state index contributed by atoms with van der Waals surface area (Å²) in [5, 5.41) is 0. The van der Waals surface area contributed by atoms with Crippen LogP contribution in [0.4, 0.5) is 0 Å². The van der Waals surface area contributed by atoms with Gasteiger partial charge in [-0.25, -0.2) is 4.98 Å². The standard InChI is InChI=1S/C17H25N3O/c1-21-12-11-20-15-10-6-5-9-14(15)19-17(20)16(18)13-7-3-2-4-8-13/h5-6,9-10,13,16H,2-4,7-8,11-12,18H2,1H3. The second-order valence-corrected chi connectivity index (χ2v) is 6.03. The van der Waals surface area contributed by atoms with Gasteiger partial charge in [0.1, 0.15) is 5.82 Å². The number of hydrogen-bond donors (Lipinski definition) is 1. The van der Waals surface area contributed by atoms with Crippen molar-refractivity contribution in [3.05, 3.63) is 30.1 Å². The van der Waals surface area contributed by atoms with Crippen molar-refractivity contribution in [1.29, 1.82) is 0 Å². The first-order chi connectivity index (χ1) is 10.3. The highest BCUT2D eigenvalue weighted by molar-refractivity contribution is 5.76. The van der Waals surface area contributed by atoms with E-state index in [0.717, 1.165) is 23.4 Å². The summed E-state index contributed by atoms with van der Waals surface area (Å²) in [6.07, 6.45) is 6.42. The van der Waals surface area contributed by atoms with Crippen molar-refractivity contribution >= 4 is 11.0 Å². The molecule has 0 bridgehead atoms. The van der Waals surface area contributed by atoms with Crippen LogP contribution in [0.25, 0.3) is 11.0 Å². The van der Waals surface area contributed by atoms with E-state index >= 15 is 0 Å². The first-order valence-electron chi connectivity index (χ1n) is 8.01. The van der Waals surface area contributed by atoms with Crippen LogP contribution in [0.2, 0.25) is 0 Å². The highest BCUT2D eigenvalue weighted by Crippen LogP contribution is 2.33. The summed E-state index contributed by atoms with van der Waals surface area (Å²) in [4.78, 5) is 4.82. The normalized spacial score (nSPS) is 18.2. The molecule has 1 fully saturated rings. The Balaban J connectivity index is 1.95. The van der Waals surface area contributed by atoms with E-state index in [1.807, 2.05) is 6.07 Å². The van der Waals surface area contributed by atoms with Crippen molar-refractivity contribution in [2.45, 2.75) is 44.7 Å². The van der Waals surface area contributed by atoms with Gasteiger partial charge in [-0.2, -0.15) is 0 Å². The smallest absolute Gasteiger partial charge is 0.127 e. The number of rotatable bonds is 5. The fourth-order valence-corrected chi connectivity index (χ4v) is 3.47. The maximum absolute atomic E-state index is 6.58. The molecule has 0 amide bonds. The number of nitrogens with two attached hydrogens (primary N) is 1. The lowest BCUT2D eigenvalue weighted by Gasteiger charge is -2.27. The van der Waals surface area contributed by atoms with Crippen molar-refractivity contribution in [2.24, 2.45) is 11.7 Å². The summed E-state index contributed by atoms with van der Waals surface area (Å²) in [6.45, 7) is 1.50. The van der Waals surface area contributed by atoms with E-state index in [2.05, 4.69) is 22.8 Å². The van der Waals surface area contributed by atoms with Gasteiger partial charge < -0.3 is 15.0 Å². The Morgan fingerprint density at radius 3 is 2.81 bits per heavy atom. The maximum Gasteiger partial charge on any atom is 0.127 e. The van der Waals surface area contributed by atoms with E-state index in [9.17, 15) is 0 Å².